The van der Waals surface area contributed by atoms with E-state index in [1.54, 1.807) is 12.1 Å². The summed E-state index contributed by atoms with van der Waals surface area (Å²) in [5, 5.41) is 2.95. The van der Waals surface area contributed by atoms with E-state index in [4.69, 9.17) is 0 Å². The molecule has 7 heteroatoms. The molecule has 2 heterocycles. The standard InChI is InChI=1S/C23H15BrFN3OS/c1-13-10-17(7-8-18(13)24)26-22(29)15-4-9-20-21(11-15)30-23-27-19(12-28(20)23)14-2-5-16(25)6-3-14/h2-12H,1H3,(H,26,29). The molecule has 0 unspecified atom stereocenters. The van der Waals surface area contributed by atoms with Crippen LogP contribution in [0.3, 0.4) is 0 Å². The number of aromatic nitrogens is 2. The zero-order valence-corrected chi connectivity index (χ0v) is 18.2. The number of carbonyl (C=O) groups excluding carboxylic acids is 1. The van der Waals surface area contributed by atoms with Gasteiger partial charge in [-0.15, -0.1) is 0 Å². The molecule has 0 radical (unpaired) electrons. The average molecular weight is 480 g/mol. The maximum absolute atomic E-state index is 13.2. The number of amides is 1. The van der Waals surface area contributed by atoms with Gasteiger partial charge in [0.15, 0.2) is 4.96 Å². The molecule has 148 valence electrons. The number of carbonyl (C=O) groups is 1. The van der Waals surface area contributed by atoms with Gasteiger partial charge in [-0.05, 0) is 73.2 Å². The van der Waals surface area contributed by atoms with Crippen LogP contribution < -0.4 is 5.32 Å². The Morgan fingerprint density at radius 3 is 2.67 bits per heavy atom. The number of imidazole rings is 1. The summed E-state index contributed by atoms with van der Waals surface area (Å²) in [6.45, 7) is 1.98. The van der Waals surface area contributed by atoms with Crippen molar-refractivity contribution in [3.8, 4) is 11.3 Å². The van der Waals surface area contributed by atoms with Crippen LogP contribution in [0.4, 0.5) is 10.1 Å². The van der Waals surface area contributed by atoms with Crippen LogP contribution in [0.2, 0.25) is 0 Å². The Morgan fingerprint density at radius 2 is 1.90 bits per heavy atom. The van der Waals surface area contributed by atoms with Crippen molar-refractivity contribution in [3.63, 3.8) is 0 Å². The lowest BCUT2D eigenvalue weighted by molar-refractivity contribution is 0.102. The molecular formula is C23H15BrFN3OS. The highest BCUT2D eigenvalue weighted by molar-refractivity contribution is 9.10. The van der Waals surface area contributed by atoms with Crippen LogP contribution in [-0.4, -0.2) is 15.3 Å². The van der Waals surface area contributed by atoms with Crippen LogP contribution in [0, 0.1) is 12.7 Å². The van der Waals surface area contributed by atoms with Crippen LogP contribution in [0.5, 0.6) is 0 Å². The quantitative estimate of drug-likeness (QED) is 0.313. The Balaban J connectivity index is 1.46. The number of thiazole rings is 1. The number of aryl methyl sites for hydroxylation is 1. The molecule has 0 aliphatic carbocycles. The second-order valence-electron chi connectivity index (χ2n) is 6.99. The van der Waals surface area contributed by atoms with E-state index < -0.39 is 0 Å². The molecule has 5 rings (SSSR count). The summed E-state index contributed by atoms with van der Waals surface area (Å²) >= 11 is 4.98. The lowest BCUT2D eigenvalue weighted by Crippen LogP contribution is -2.11. The highest BCUT2D eigenvalue weighted by Gasteiger charge is 2.13. The molecule has 0 saturated carbocycles. The van der Waals surface area contributed by atoms with Gasteiger partial charge < -0.3 is 5.32 Å². The molecule has 4 nitrogen and oxygen atoms in total. The molecule has 30 heavy (non-hydrogen) atoms. The third-order valence-electron chi connectivity index (χ3n) is 4.91. The number of hydrogen-bond acceptors (Lipinski definition) is 3. The fourth-order valence-corrected chi connectivity index (χ4v) is 4.62. The molecule has 0 saturated heterocycles. The first-order valence-corrected chi connectivity index (χ1v) is 10.8. The zero-order valence-electron chi connectivity index (χ0n) is 15.8. The van der Waals surface area contributed by atoms with Crippen LogP contribution in [0.15, 0.2) is 71.3 Å². The lowest BCUT2D eigenvalue weighted by atomic mass is 10.1. The minimum absolute atomic E-state index is 0.156. The van der Waals surface area contributed by atoms with Gasteiger partial charge in [0, 0.05) is 27.5 Å². The first kappa shape index (κ1) is 19.0. The van der Waals surface area contributed by atoms with E-state index in [1.165, 1.54) is 23.5 Å². The number of benzene rings is 3. The highest BCUT2D eigenvalue weighted by atomic mass is 79.9. The third-order valence-corrected chi connectivity index (χ3v) is 6.82. The number of rotatable bonds is 3. The molecule has 1 N–H and O–H groups in total. The summed E-state index contributed by atoms with van der Waals surface area (Å²) in [5.41, 5.74) is 5.03. The molecule has 0 atom stereocenters. The van der Waals surface area contributed by atoms with E-state index in [1.807, 2.05) is 53.9 Å². The Kier molecular flexibility index (Phi) is 4.64. The van der Waals surface area contributed by atoms with Gasteiger partial charge in [0.25, 0.3) is 5.91 Å². The minimum Gasteiger partial charge on any atom is -0.322 e. The first-order valence-electron chi connectivity index (χ1n) is 9.23. The summed E-state index contributed by atoms with van der Waals surface area (Å²) in [7, 11) is 0. The number of hydrogen-bond donors (Lipinski definition) is 1. The lowest BCUT2D eigenvalue weighted by Gasteiger charge is -2.07. The average Bonchev–Trinajstić information content (AvgIpc) is 3.28. The number of nitrogens with zero attached hydrogens (tertiary/aromatic N) is 2. The Hall–Kier alpha value is -3.03. The number of nitrogens with one attached hydrogen (secondary N) is 1. The van der Waals surface area contributed by atoms with Crippen molar-refractivity contribution in [2.24, 2.45) is 0 Å². The van der Waals surface area contributed by atoms with E-state index in [2.05, 4.69) is 26.2 Å². The fraction of sp³-hybridized carbons (Fsp3) is 0.0435. The smallest absolute Gasteiger partial charge is 0.255 e. The summed E-state index contributed by atoms with van der Waals surface area (Å²) in [4.78, 5) is 18.2. The molecule has 0 fully saturated rings. The van der Waals surface area contributed by atoms with Crippen LogP contribution in [0.1, 0.15) is 15.9 Å². The Morgan fingerprint density at radius 1 is 1.10 bits per heavy atom. The van der Waals surface area contributed by atoms with Gasteiger partial charge in [0.1, 0.15) is 5.82 Å². The topological polar surface area (TPSA) is 46.4 Å². The van der Waals surface area contributed by atoms with Crippen LogP contribution in [0.25, 0.3) is 26.4 Å². The zero-order chi connectivity index (χ0) is 20.8. The first-order chi connectivity index (χ1) is 14.5. The van der Waals surface area contributed by atoms with Gasteiger partial charge >= 0.3 is 0 Å². The van der Waals surface area contributed by atoms with Gasteiger partial charge in [-0.3, -0.25) is 9.20 Å². The number of anilines is 1. The van der Waals surface area contributed by atoms with Crippen molar-refractivity contribution < 1.29 is 9.18 Å². The molecule has 1 amide bonds. The summed E-state index contributed by atoms with van der Waals surface area (Å²) in [6.07, 6.45) is 1.94. The summed E-state index contributed by atoms with van der Waals surface area (Å²) in [5.74, 6) is -0.425. The van der Waals surface area contributed by atoms with E-state index >= 15 is 0 Å². The van der Waals surface area contributed by atoms with E-state index in [9.17, 15) is 9.18 Å². The van der Waals surface area contributed by atoms with Crippen molar-refractivity contribution in [2.45, 2.75) is 6.92 Å². The third kappa shape index (κ3) is 3.40. The van der Waals surface area contributed by atoms with Crippen LogP contribution >= 0.6 is 27.3 Å². The molecule has 5 aromatic rings. The maximum Gasteiger partial charge on any atom is 0.255 e. The highest BCUT2D eigenvalue weighted by Crippen LogP contribution is 2.30. The Bertz CT molecular complexity index is 1420. The Labute approximate surface area is 184 Å². The van der Waals surface area contributed by atoms with Gasteiger partial charge in [-0.2, -0.15) is 0 Å². The van der Waals surface area contributed by atoms with Gasteiger partial charge in [0.05, 0.1) is 15.9 Å². The predicted molar refractivity (Wildman–Crippen MR) is 123 cm³/mol. The molecule has 0 bridgehead atoms. The van der Waals surface area contributed by atoms with Crippen molar-refractivity contribution in [1.82, 2.24) is 9.38 Å². The normalized spacial score (nSPS) is 11.3. The molecule has 0 aliphatic rings. The van der Waals surface area contributed by atoms with Gasteiger partial charge in [0.2, 0.25) is 0 Å². The second-order valence-corrected chi connectivity index (χ2v) is 8.85. The molecular weight excluding hydrogens is 465 g/mol. The molecule has 3 aromatic carbocycles. The molecule has 2 aromatic heterocycles. The monoisotopic (exact) mass is 479 g/mol. The molecule has 0 spiro atoms. The second kappa shape index (κ2) is 7.34. The maximum atomic E-state index is 13.2. The van der Waals surface area contributed by atoms with Crippen molar-refractivity contribution in [3.05, 3.63) is 88.3 Å². The fourth-order valence-electron chi connectivity index (χ4n) is 3.33. The largest absolute Gasteiger partial charge is 0.322 e. The number of halogens is 2. The molecule has 0 aliphatic heterocycles. The number of fused-ring (bicyclic) bond motifs is 3. The van der Waals surface area contributed by atoms with E-state index in [0.717, 1.165) is 42.2 Å². The van der Waals surface area contributed by atoms with Crippen molar-refractivity contribution in [2.75, 3.05) is 5.32 Å². The summed E-state index contributed by atoms with van der Waals surface area (Å²) < 4.78 is 17.2. The van der Waals surface area contributed by atoms with Crippen molar-refractivity contribution in [1.29, 1.82) is 0 Å². The SMILES string of the molecule is Cc1cc(NC(=O)c2ccc3c(c2)sc2nc(-c4ccc(F)cc4)cn23)ccc1Br. The minimum atomic E-state index is -0.269. The van der Waals surface area contributed by atoms with E-state index in [0.29, 0.717) is 5.56 Å². The summed E-state index contributed by atoms with van der Waals surface area (Å²) in [6, 6.07) is 17.6. The predicted octanol–water partition coefficient (Wildman–Crippen LogP) is 6.68. The van der Waals surface area contributed by atoms with Crippen molar-refractivity contribution >= 4 is 54.0 Å². The van der Waals surface area contributed by atoms with Gasteiger partial charge in [-0.25, -0.2) is 9.37 Å². The van der Waals surface area contributed by atoms with Crippen LogP contribution in [-0.2, 0) is 0 Å². The van der Waals surface area contributed by atoms with E-state index in [-0.39, 0.29) is 11.7 Å². The van der Waals surface area contributed by atoms with Gasteiger partial charge in [-0.1, -0.05) is 27.3 Å².